The van der Waals surface area contributed by atoms with E-state index in [1.54, 1.807) is 0 Å². The summed E-state index contributed by atoms with van der Waals surface area (Å²) in [6, 6.07) is 8.01. The minimum absolute atomic E-state index is 0.144. The number of benzene rings is 1. The van der Waals surface area contributed by atoms with Crippen LogP contribution in [0.2, 0.25) is 0 Å². The van der Waals surface area contributed by atoms with Crippen LogP contribution >= 0.6 is 0 Å². The van der Waals surface area contributed by atoms with Gasteiger partial charge in [-0.2, -0.15) is 0 Å². The highest BCUT2D eigenvalue weighted by molar-refractivity contribution is 6.06. The normalized spacial score (nSPS) is 23.2. The Balaban J connectivity index is 1.81. The molecule has 0 saturated carbocycles. The minimum Gasteiger partial charge on any atom is -0.392 e. The zero-order valence-corrected chi connectivity index (χ0v) is 11.2. The van der Waals surface area contributed by atoms with Gasteiger partial charge in [0.25, 0.3) is 0 Å². The van der Waals surface area contributed by atoms with Gasteiger partial charge in [0.2, 0.25) is 5.91 Å². The summed E-state index contributed by atoms with van der Waals surface area (Å²) in [6.07, 6.45) is 1.37. The van der Waals surface area contributed by atoms with E-state index < -0.39 is 0 Å². The number of hydrogen-bond acceptors (Lipinski definition) is 3. The monoisotopic (exact) mass is 260 g/mol. The molecular weight excluding hydrogens is 240 g/mol. The largest absolute Gasteiger partial charge is 0.392 e. The molecule has 0 bridgehead atoms. The molecule has 1 spiro atoms. The fourth-order valence-electron chi connectivity index (χ4n) is 3.36. The predicted octanol–water partition coefficient (Wildman–Crippen LogP) is 1.35. The average Bonchev–Trinajstić information content (AvgIpc) is 2.65. The lowest BCUT2D eigenvalue weighted by Crippen LogP contribution is -2.47. The summed E-state index contributed by atoms with van der Waals surface area (Å²) >= 11 is 0. The molecule has 1 saturated heterocycles. The zero-order chi connectivity index (χ0) is 13.5. The number of fused-ring (bicyclic) bond motifs is 2. The predicted molar refractivity (Wildman–Crippen MR) is 74.1 cm³/mol. The number of nitrogens with one attached hydrogen (secondary N) is 1. The Morgan fingerprint density at radius 2 is 2.05 bits per heavy atom. The number of carbonyl (C=O) groups is 1. The molecule has 1 amide bonds. The molecule has 0 unspecified atom stereocenters. The number of para-hydroxylation sites is 1. The SMILES string of the molecule is C[C@@H](O)CN1CCC2(CC1)C(=O)Nc1ccccc12. The molecule has 1 aromatic carbocycles. The van der Waals surface area contributed by atoms with Crippen LogP contribution in [0.3, 0.4) is 0 Å². The topological polar surface area (TPSA) is 52.6 Å². The number of anilines is 1. The molecule has 102 valence electrons. The van der Waals surface area contributed by atoms with Crippen LogP contribution in [-0.2, 0) is 10.2 Å². The van der Waals surface area contributed by atoms with E-state index >= 15 is 0 Å². The summed E-state index contributed by atoms with van der Waals surface area (Å²) in [7, 11) is 0. The summed E-state index contributed by atoms with van der Waals surface area (Å²) in [5.41, 5.74) is 1.78. The highest BCUT2D eigenvalue weighted by Gasteiger charge is 2.48. The lowest BCUT2D eigenvalue weighted by atomic mass is 9.73. The minimum atomic E-state index is -0.341. The number of aliphatic hydroxyl groups is 1. The van der Waals surface area contributed by atoms with E-state index in [1.165, 1.54) is 0 Å². The molecule has 1 fully saturated rings. The fraction of sp³-hybridized carbons (Fsp3) is 0.533. The van der Waals surface area contributed by atoms with Crippen LogP contribution < -0.4 is 5.32 Å². The Kier molecular flexibility index (Phi) is 3.07. The number of rotatable bonds is 2. The first kappa shape index (κ1) is 12.6. The second-order valence-corrected chi connectivity index (χ2v) is 5.73. The molecule has 1 aromatic rings. The van der Waals surface area contributed by atoms with Crippen molar-refractivity contribution in [2.24, 2.45) is 0 Å². The van der Waals surface area contributed by atoms with Gasteiger partial charge in [0.05, 0.1) is 11.5 Å². The number of carbonyl (C=O) groups excluding carboxylic acids is 1. The quantitative estimate of drug-likeness (QED) is 0.844. The molecule has 19 heavy (non-hydrogen) atoms. The van der Waals surface area contributed by atoms with Gasteiger partial charge in [-0.25, -0.2) is 0 Å². The molecule has 4 nitrogen and oxygen atoms in total. The maximum absolute atomic E-state index is 12.4. The van der Waals surface area contributed by atoms with Crippen molar-refractivity contribution in [2.75, 3.05) is 25.0 Å². The van der Waals surface area contributed by atoms with Gasteiger partial charge in [0.15, 0.2) is 0 Å². The van der Waals surface area contributed by atoms with Crippen molar-refractivity contribution in [3.05, 3.63) is 29.8 Å². The fourth-order valence-corrected chi connectivity index (χ4v) is 3.36. The van der Waals surface area contributed by atoms with Crippen molar-refractivity contribution >= 4 is 11.6 Å². The van der Waals surface area contributed by atoms with Gasteiger partial charge in [-0.1, -0.05) is 18.2 Å². The lowest BCUT2D eigenvalue weighted by molar-refractivity contribution is -0.122. The van der Waals surface area contributed by atoms with Gasteiger partial charge >= 0.3 is 0 Å². The van der Waals surface area contributed by atoms with E-state index in [0.29, 0.717) is 6.54 Å². The maximum atomic E-state index is 12.4. The third-order valence-electron chi connectivity index (χ3n) is 4.36. The van der Waals surface area contributed by atoms with Gasteiger partial charge in [0, 0.05) is 12.2 Å². The van der Waals surface area contributed by atoms with Gasteiger partial charge in [0.1, 0.15) is 0 Å². The van der Waals surface area contributed by atoms with Crippen LogP contribution in [0.15, 0.2) is 24.3 Å². The standard InChI is InChI=1S/C15H20N2O2/c1-11(18)10-17-8-6-15(7-9-17)12-4-2-3-5-13(12)16-14(15)19/h2-5,11,18H,6-10H2,1H3,(H,16,19)/t11-/m1/s1. The third-order valence-corrected chi connectivity index (χ3v) is 4.36. The Labute approximate surface area is 113 Å². The molecule has 1 atom stereocenters. The van der Waals surface area contributed by atoms with Gasteiger partial charge in [-0.15, -0.1) is 0 Å². The van der Waals surface area contributed by atoms with Crippen LogP contribution in [0.4, 0.5) is 5.69 Å². The van der Waals surface area contributed by atoms with E-state index in [9.17, 15) is 9.90 Å². The highest BCUT2D eigenvalue weighted by atomic mass is 16.3. The smallest absolute Gasteiger partial charge is 0.235 e. The average molecular weight is 260 g/mol. The first-order valence-corrected chi connectivity index (χ1v) is 6.93. The van der Waals surface area contributed by atoms with Gasteiger partial charge in [-0.3, -0.25) is 4.79 Å². The van der Waals surface area contributed by atoms with Gasteiger partial charge < -0.3 is 15.3 Å². The summed E-state index contributed by atoms with van der Waals surface area (Å²) in [5, 5.41) is 12.5. The number of amides is 1. The molecule has 0 radical (unpaired) electrons. The Bertz CT molecular complexity index is 491. The highest BCUT2D eigenvalue weighted by Crippen LogP contribution is 2.44. The van der Waals surface area contributed by atoms with Crippen LogP contribution in [0.25, 0.3) is 0 Å². The number of aliphatic hydroxyl groups excluding tert-OH is 1. The van der Waals surface area contributed by atoms with Crippen molar-refractivity contribution in [1.82, 2.24) is 4.90 Å². The molecule has 0 aliphatic carbocycles. The van der Waals surface area contributed by atoms with E-state index in [2.05, 4.69) is 16.3 Å². The number of nitrogens with zero attached hydrogens (tertiary/aromatic N) is 1. The first-order chi connectivity index (χ1) is 9.12. The maximum Gasteiger partial charge on any atom is 0.235 e. The molecule has 2 aliphatic rings. The number of β-amino-alcohol motifs (C(OH)–C–C–N with tert-alkyl or cyclic N) is 1. The molecular formula is C15H20N2O2. The summed E-state index contributed by atoms with van der Waals surface area (Å²) in [4.78, 5) is 14.6. The Hall–Kier alpha value is -1.39. The summed E-state index contributed by atoms with van der Waals surface area (Å²) in [6.45, 7) is 4.24. The van der Waals surface area contributed by atoms with Crippen LogP contribution in [0.5, 0.6) is 0 Å². The molecule has 2 N–H and O–H groups in total. The van der Waals surface area contributed by atoms with Crippen molar-refractivity contribution in [1.29, 1.82) is 0 Å². The summed E-state index contributed by atoms with van der Waals surface area (Å²) < 4.78 is 0. The molecule has 2 aliphatic heterocycles. The van der Waals surface area contributed by atoms with Crippen molar-refractivity contribution in [2.45, 2.75) is 31.3 Å². The van der Waals surface area contributed by atoms with Crippen LogP contribution in [0, 0.1) is 0 Å². The van der Waals surface area contributed by atoms with E-state index in [0.717, 1.165) is 37.2 Å². The van der Waals surface area contributed by atoms with Crippen molar-refractivity contribution < 1.29 is 9.90 Å². The molecule has 4 heteroatoms. The second-order valence-electron chi connectivity index (χ2n) is 5.73. The van der Waals surface area contributed by atoms with Crippen molar-refractivity contribution in [3.63, 3.8) is 0 Å². The van der Waals surface area contributed by atoms with E-state index in [-0.39, 0.29) is 17.4 Å². The first-order valence-electron chi connectivity index (χ1n) is 6.93. The Morgan fingerprint density at radius 1 is 1.37 bits per heavy atom. The lowest BCUT2D eigenvalue weighted by Gasteiger charge is -2.38. The number of likely N-dealkylation sites (tertiary alicyclic amines) is 1. The summed E-state index contributed by atoms with van der Waals surface area (Å²) in [5.74, 6) is 0.144. The van der Waals surface area contributed by atoms with E-state index in [1.807, 2.05) is 25.1 Å². The zero-order valence-electron chi connectivity index (χ0n) is 11.2. The number of hydrogen-bond donors (Lipinski definition) is 2. The molecule has 3 rings (SSSR count). The Morgan fingerprint density at radius 3 is 2.74 bits per heavy atom. The molecule has 2 heterocycles. The van der Waals surface area contributed by atoms with Crippen LogP contribution in [-0.4, -0.2) is 41.7 Å². The van der Waals surface area contributed by atoms with E-state index in [4.69, 9.17) is 0 Å². The van der Waals surface area contributed by atoms with Crippen molar-refractivity contribution in [3.8, 4) is 0 Å². The van der Waals surface area contributed by atoms with Gasteiger partial charge in [-0.05, 0) is 44.5 Å². The molecule has 0 aromatic heterocycles. The second kappa shape index (κ2) is 4.62. The third kappa shape index (κ3) is 2.05. The number of piperidine rings is 1. The van der Waals surface area contributed by atoms with Crippen LogP contribution in [0.1, 0.15) is 25.3 Å².